The zero-order chi connectivity index (χ0) is 14.3. The second-order valence-corrected chi connectivity index (χ2v) is 6.09. The summed E-state index contributed by atoms with van der Waals surface area (Å²) in [5, 5.41) is 0. The highest BCUT2D eigenvalue weighted by Crippen LogP contribution is 2.30. The SMILES string of the molecule is CCCCN(CCCC)C(=O)C1CCCC(N)C1C. The van der Waals surface area contributed by atoms with E-state index in [0.29, 0.717) is 11.8 Å². The Hall–Kier alpha value is -0.570. The first-order valence-electron chi connectivity index (χ1n) is 8.16. The van der Waals surface area contributed by atoms with Gasteiger partial charge < -0.3 is 10.6 Å². The van der Waals surface area contributed by atoms with Gasteiger partial charge in [-0.25, -0.2) is 0 Å². The van der Waals surface area contributed by atoms with Crippen LogP contribution in [0.25, 0.3) is 0 Å². The lowest BCUT2D eigenvalue weighted by Gasteiger charge is -2.36. The predicted molar refractivity (Wildman–Crippen MR) is 80.9 cm³/mol. The molecule has 0 aromatic carbocycles. The summed E-state index contributed by atoms with van der Waals surface area (Å²) in [5.74, 6) is 0.869. The van der Waals surface area contributed by atoms with E-state index in [1.165, 1.54) is 0 Å². The topological polar surface area (TPSA) is 46.3 Å². The average Bonchev–Trinajstić information content (AvgIpc) is 2.41. The van der Waals surface area contributed by atoms with Gasteiger partial charge in [0.1, 0.15) is 0 Å². The van der Waals surface area contributed by atoms with Gasteiger partial charge in [0, 0.05) is 25.0 Å². The molecule has 2 N–H and O–H groups in total. The number of hydrogen-bond acceptors (Lipinski definition) is 2. The van der Waals surface area contributed by atoms with Crippen LogP contribution in [0.5, 0.6) is 0 Å². The van der Waals surface area contributed by atoms with E-state index in [4.69, 9.17) is 5.73 Å². The van der Waals surface area contributed by atoms with Crippen molar-refractivity contribution >= 4 is 5.91 Å². The molecule has 0 radical (unpaired) electrons. The number of amides is 1. The molecule has 112 valence electrons. The van der Waals surface area contributed by atoms with Crippen LogP contribution in [-0.4, -0.2) is 29.9 Å². The van der Waals surface area contributed by atoms with Crippen molar-refractivity contribution in [2.45, 2.75) is 71.8 Å². The van der Waals surface area contributed by atoms with E-state index in [1.54, 1.807) is 0 Å². The van der Waals surface area contributed by atoms with E-state index >= 15 is 0 Å². The van der Waals surface area contributed by atoms with Gasteiger partial charge in [0.05, 0.1) is 0 Å². The van der Waals surface area contributed by atoms with Crippen LogP contribution >= 0.6 is 0 Å². The van der Waals surface area contributed by atoms with Crippen LogP contribution in [0.2, 0.25) is 0 Å². The maximum Gasteiger partial charge on any atom is 0.226 e. The number of unbranched alkanes of at least 4 members (excludes halogenated alkanes) is 2. The number of nitrogens with two attached hydrogens (primary N) is 1. The number of hydrogen-bond donors (Lipinski definition) is 1. The fourth-order valence-corrected chi connectivity index (χ4v) is 3.01. The Kier molecular flexibility index (Phi) is 7.44. The highest BCUT2D eigenvalue weighted by atomic mass is 16.2. The molecule has 1 amide bonds. The lowest BCUT2D eigenvalue weighted by atomic mass is 9.76. The second-order valence-electron chi connectivity index (χ2n) is 6.09. The molecule has 3 nitrogen and oxygen atoms in total. The molecule has 0 aromatic rings. The minimum Gasteiger partial charge on any atom is -0.342 e. The van der Waals surface area contributed by atoms with Crippen molar-refractivity contribution in [3.05, 3.63) is 0 Å². The predicted octanol–water partition coefficient (Wildman–Crippen LogP) is 3.18. The van der Waals surface area contributed by atoms with Gasteiger partial charge in [-0.05, 0) is 31.6 Å². The quantitative estimate of drug-likeness (QED) is 0.771. The molecule has 1 rings (SSSR count). The monoisotopic (exact) mass is 268 g/mol. The third kappa shape index (κ3) is 4.79. The largest absolute Gasteiger partial charge is 0.342 e. The maximum absolute atomic E-state index is 12.7. The number of carbonyl (C=O) groups is 1. The summed E-state index contributed by atoms with van der Waals surface area (Å²) in [5.41, 5.74) is 6.14. The highest BCUT2D eigenvalue weighted by Gasteiger charge is 2.34. The first-order chi connectivity index (χ1) is 9.11. The summed E-state index contributed by atoms with van der Waals surface area (Å²) >= 11 is 0. The van der Waals surface area contributed by atoms with Crippen LogP contribution in [0, 0.1) is 11.8 Å². The van der Waals surface area contributed by atoms with Crippen molar-refractivity contribution in [1.82, 2.24) is 4.90 Å². The van der Waals surface area contributed by atoms with E-state index in [1.807, 2.05) is 0 Å². The average molecular weight is 268 g/mol. The Labute approximate surface area is 118 Å². The van der Waals surface area contributed by atoms with Crippen molar-refractivity contribution in [3.8, 4) is 0 Å². The fraction of sp³-hybridized carbons (Fsp3) is 0.938. The number of carbonyl (C=O) groups excluding carboxylic acids is 1. The standard InChI is InChI=1S/C16H32N2O/c1-4-6-11-18(12-7-5-2)16(19)14-9-8-10-15(17)13(14)3/h13-15H,4-12,17H2,1-3H3. The Bertz CT molecular complexity index is 259. The normalized spacial score (nSPS) is 27.3. The van der Waals surface area contributed by atoms with Crippen LogP contribution in [0.3, 0.4) is 0 Å². The zero-order valence-electron chi connectivity index (χ0n) is 13.0. The molecule has 1 aliphatic carbocycles. The van der Waals surface area contributed by atoms with Gasteiger partial charge >= 0.3 is 0 Å². The molecule has 0 spiro atoms. The fourth-order valence-electron chi connectivity index (χ4n) is 3.01. The smallest absolute Gasteiger partial charge is 0.226 e. The van der Waals surface area contributed by atoms with Gasteiger partial charge in [-0.15, -0.1) is 0 Å². The van der Waals surface area contributed by atoms with Crippen LogP contribution in [0.4, 0.5) is 0 Å². The van der Waals surface area contributed by atoms with Gasteiger partial charge in [0.2, 0.25) is 5.91 Å². The van der Waals surface area contributed by atoms with Gasteiger partial charge in [0.15, 0.2) is 0 Å². The minimum atomic E-state index is 0.164. The second kappa shape index (κ2) is 8.57. The van der Waals surface area contributed by atoms with Crippen molar-refractivity contribution in [2.24, 2.45) is 17.6 Å². The van der Waals surface area contributed by atoms with E-state index < -0.39 is 0 Å². The molecular formula is C16H32N2O. The molecule has 3 unspecified atom stereocenters. The van der Waals surface area contributed by atoms with Crippen molar-refractivity contribution in [3.63, 3.8) is 0 Å². The van der Waals surface area contributed by atoms with Crippen molar-refractivity contribution in [2.75, 3.05) is 13.1 Å². The van der Waals surface area contributed by atoms with Crippen LogP contribution < -0.4 is 5.73 Å². The van der Waals surface area contributed by atoms with Crippen molar-refractivity contribution in [1.29, 1.82) is 0 Å². The number of nitrogens with zero attached hydrogens (tertiary/aromatic N) is 1. The zero-order valence-corrected chi connectivity index (χ0v) is 13.0. The lowest BCUT2D eigenvalue weighted by Crippen LogP contribution is -2.46. The molecule has 1 aliphatic rings. The van der Waals surface area contributed by atoms with Crippen molar-refractivity contribution < 1.29 is 4.79 Å². The molecule has 0 heterocycles. The summed E-state index contributed by atoms with van der Waals surface area (Å²) in [6, 6.07) is 0.210. The summed E-state index contributed by atoms with van der Waals surface area (Å²) < 4.78 is 0. The molecular weight excluding hydrogens is 236 g/mol. The first kappa shape index (κ1) is 16.5. The van der Waals surface area contributed by atoms with Gasteiger partial charge in [-0.1, -0.05) is 40.0 Å². The molecule has 3 heteroatoms. The third-order valence-corrected chi connectivity index (χ3v) is 4.55. The molecule has 3 atom stereocenters. The summed E-state index contributed by atoms with van der Waals surface area (Å²) in [6.07, 6.45) is 7.74. The van der Waals surface area contributed by atoms with E-state index in [-0.39, 0.29) is 12.0 Å². The van der Waals surface area contributed by atoms with Gasteiger partial charge in [-0.3, -0.25) is 4.79 Å². The summed E-state index contributed by atoms with van der Waals surface area (Å²) in [4.78, 5) is 14.8. The Morgan fingerprint density at radius 1 is 1.16 bits per heavy atom. The molecule has 1 saturated carbocycles. The maximum atomic E-state index is 12.7. The molecule has 19 heavy (non-hydrogen) atoms. The van der Waals surface area contributed by atoms with Crippen LogP contribution in [0.1, 0.15) is 65.7 Å². The molecule has 0 aromatic heterocycles. The lowest BCUT2D eigenvalue weighted by molar-refractivity contribution is -0.138. The molecule has 1 fully saturated rings. The third-order valence-electron chi connectivity index (χ3n) is 4.55. The Morgan fingerprint density at radius 3 is 2.26 bits per heavy atom. The van der Waals surface area contributed by atoms with Gasteiger partial charge in [0.25, 0.3) is 0 Å². The number of rotatable bonds is 7. The van der Waals surface area contributed by atoms with Gasteiger partial charge in [-0.2, -0.15) is 0 Å². The van der Waals surface area contributed by atoms with E-state index in [0.717, 1.165) is 58.0 Å². The molecule has 0 saturated heterocycles. The Balaban J connectivity index is 2.62. The van der Waals surface area contributed by atoms with E-state index in [9.17, 15) is 4.79 Å². The minimum absolute atomic E-state index is 0.164. The molecule has 0 bridgehead atoms. The summed E-state index contributed by atoms with van der Waals surface area (Å²) in [6.45, 7) is 8.37. The van der Waals surface area contributed by atoms with Crippen LogP contribution in [-0.2, 0) is 4.79 Å². The molecule has 0 aliphatic heterocycles. The van der Waals surface area contributed by atoms with Crippen LogP contribution in [0.15, 0.2) is 0 Å². The Morgan fingerprint density at radius 2 is 1.74 bits per heavy atom. The first-order valence-corrected chi connectivity index (χ1v) is 8.16. The highest BCUT2D eigenvalue weighted by molar-refractivity contribution is 5.79. The van der Waals surface area contributed by atoms with E-state index in [2.05, 4.69) is 25.7 Å². The summed E-state index contributed by atoms with van der Waals surface area (Å²) in [7, 11) is 0.